The maximum absolute atomic E-state index is 9.53. The van der Waals surface area contributed by atoms with E-state index in [1.165, 1.54) is 25.7 Å². The Labute approximate surface area is 92.2 Å². The van der Waals surface area contributed by atoms with E-state index in [0.717, 1.165) is 32.5 Å². The lowest BCUT2D eigenvalue weighted by Gasteiger charge is -2.36. The summed E-state index contributed by atoms with van der Waals surface area (Å²) in [6.45, 7) is 3.36. The number of nitrogens with one attached hydrogen (secondary N) is 1. The van der Waals surface area contributed by atoms with Gasteiger partial charge in [0.2, 0.25) is 0 Å². The maximum atomic E-state index is 9.53. The van der Waals surface area contributed by atoms with E-state index in [4.69, 9.17) is 4.74 Å². The second kappa shape index (κ2) is 5.28. The van der Waals surface area contributed by atoms with Crippen LogP contribution in [0, 0.1) is 5.41 Å². The molecule has 2 saturated heterocycles. The number of ether oxygens (including phenoxy) is 1. The Bertz CT molecular complexity index is 184. The summed E-state index contributed by atoms with van der Waals surface area (Å²) in [5.74, 6) is 0. The molecule has 2 unspecified atom stereocenters. The summed E-state index contributed by atoms with van der Waals surface area (Å²) in [5, 5.41) is 12.9. The normalized spacial score (nSPS) is 37.0. The van der Waals surface area contributed by atoms with Crippen molar-refractivity contribution < 1.29 is 9.84 Å². The average molecular weight is 213 g/mol. The minimum absolute atomic E-state index is 0.143. The van der Waals surface area contributed by atoms with E-state index < -0.39 is 0 Å². The molecule has 0 aromatic rings. The predicted molar refractivity (Wildman–Crippen MR) is 59.8 cm³/mol. The van der Waals surface area contributed by atoms with E-state index in [-0.39, 0.29) is 5.41 Å². The van der Waals surface area contributed by atoms with Crippen molar-refractivity contribution in [3.05, 3.63) is 0 Å². The van der Waals surface area contributed by atoms with E-state index in [0.29, 0.717) is 12.7 Å². The van der Waals surface area contributed by atoms with Crippen LogP contribution in [0.4, 0.5) is 0 Å². The molecule has 2 N–H and O–H groups in total. The first kappa shape index (κ1) is 11.4. The number of aliphatic hydroxyl groups excluding tert-OH is 1. The van der Waals surface area contributed by atoms with Crippen molar-refractivity contribution in [2.45, 2.75) is 44.6 Å². The molecular weight excluding hydrogens is 190 g/mol. The number of piperidine rings is 1. The molecule has 0 saturated carbocycles. The van der Waals surface area contributed by atoms with E-state index in [1.807, 2.05) is 0 Å². The first-order chi connectivity index (χ1) is 7.35. The molecule has 0 aromatic heterocycles. The molecule has 0 aromatic carbocycles. The zero-order valence-electron chi connectivity index (χ0n) is 9.50. The van der Waals surface area contributed by atoms with Crippen molar-refractivity contribution in [1.29, 1.82) is 0 Å². The third-order valence-electron chi connectivity index (χ3n) is 3.92. The SMILES string of the molecule is OCC1(CCC2CCCO2)CCCNC1. The zero-order valence-corrected chi connectivity index (χ0v) is 9.50. The highest BCUT2D eigenvalue weighted by Gasteiger charge is 2.32. The van der Waals surface area contributed by atoms with Gasteiger partial charge in [-0.1, -0.05) is 0 Å². The van der Waals surface area contributed by atoms with Crippen LogP contribution in [-0.4, -0.2) is 37.5 Å². The van der Waals surface area contributed by atoms with Gasteiger partial charge in [-0.15, -0.1) is 0 Å². The highest BCUT2D eigenvalue weighted by atomic mass is 16.5. The second-order valence-electron chi connectivity index (χ2n) is 5.11. The van der Waals surface area contributed by atoms with E-state index in [1.54, 1.807) is 0 Å². The fourth-order valence-electron chi connectivity index (χ4n) is 2.80. The number of hydrogen-bond donors (Lipinski definition) is 2. The predicted octanol–water partition coefficient (Wildman–Crippen LogP) is 1.31. The van der Waals surface area contributed by atoms with Gasteiger partial charge < -0.3 is 15.2 Å². The van der Waals surface area contributed by atoms with Gasteiger partial charge in [0.15, 0.2) is 0 Å². The van der Waals surface area contributed by atoms with E-state index in [9.17, 15) is 5.11 Å². The van der Waals surface area contributed by atoms with E-state index in [2.05, 4.69) is 5.32 Å². The van der Waals surface area contributed by atoms with Gasteiger partial charge in [0.25, 0.3) is 0 Å². The van der Waals surface area contributed by atoms with Crippen molar-refractivity contribution >= 4 is 0 Å². The van der Waals surface area contributed by atoms with Crippen LogP contribution >= 0.6 is 0 Å². The highest BCUT2D eigenvalue weighted by molar-refractivity contribution is 4.86. The molecule has 0 aliphatic carbocycles. The van der Waals surface area contributed by atoms with Crippen LogP contribution in [0.25, 0.3) is 0 Å². The smallest absolute Gasteiger partial charge is 0.0576 e. The molecule has 0 spiro atoms. The summed E-state index contributed by atoms with van der Waals surface area (Å²) in [5.41, 5.74) is 0.143. The van der Waals surface area contributed by atoms with Crippen molar-refractivity contribution in [3.63, 3.8) is 0 Å². The standard InChI is InChI=1S/C12H23NO2/c14-10-12(5-2-7-13-9-12)6-4-11-3-1-8-15-11/h11,13-14H,1-10H2. The first-order valence-electron chi connectivity index (χ1n) is 6.28. The molecule has 0 radical (unpaired) electrons. The fraction of sp³-hybridized carbons (Fsp3) is 1.00. The number of hydrogen-bond acceptors (Lipinski definition) is 3. The molecule has 2 aliphatic heterocycles. The largest absolute Gasteiger partial charge is 0.396 e. The van der Waals surface area contributed by atoms with Crippen LogP contribution in [0.3, 0.4) is 0 Å². The summed E-state index contributed by atoms with van der Waals surface area (Å²) in [6.07, 6.45) is 7.51. The van der Waals surface area contributed by atoms with Gasteiger partial charge in [-0.25, -0.2) is 0 Å². The zero-order chi connectivity index (χ0) is 10.6. The topological polar surface area (TPSA) is 41.5 Å². The van der Waals surface area contributed by atoms with Gasteiger partial charge in [-0.2, -0.15) is 0 Å². The fourth-order valence-corrected chi connectivity index (χ4v) is 2.80. The molecule has 2 rings (SSSR count). The lowest BCUT2D eigenvalue weighted by molar-refractivity contribution is 0.0505. The van der Waals surface area contributed by atoms with Crippen LogP contribution in [0.5, 0.6) is 0 Å². The van der Waals surface area contributed by atoms with Crippen LogP contribution < -0.4 is 5.32 Å². The highest BCUT2D eigenvalue weighted by Crippen LogP contribution is 2.33. The number of rotatable bonds is 4. The Morgan fingerprint density at radius 3 is 2.93 bits per heavy atom. The molecule has 2 aliphatic rings. The molecule has 2 heterocycles. The Morgan fingerprint density at radius 2 is 2.33 bits per heavy atom. The lowest BCUT2D eigenvalue weighted by atomic mass is 9.77. The van der Waals surface area contributed by atoms with Gasteiger partial charge in [-0.05, 0) is 45.1 Å². The summed E-state index contributed by atoms with van der Waals surface area (Å²) in [6, 6.07) is 0. The van der Waals surface area contributed by atoms with Gasteiger partial charge in [0.05, 0.1) is 6.10 Å². The van der Waals surface area contributed by atoms with Crippen molar-refractivity contribution in [3.8, 4) is 0 Å². The Morgan fingerprint density at radius 1 is 1.40 bits per heavy atom. The minimum atomic E-state index is 0.143. The molecule has 2 atom stereocenters. The first-order valence-corrected chi connectivity index (χ1v) is 6.28. The van der Waals surface area contributed by atoms with Crippen molar-refractivity contribution in [1.82, 2.24) is 5.32 Å². The van der Waals surface area contributed by atoms with E-state index >= 15 is 0 Å². The molecule has 88 valence electrons. The molecule has 0 amide bonds. The quantitative estimate of drug-likeness (QED) is 0.740. The van der Waals surface area contributed by atoms with Crippen LogP contribution in [0.15, 0.2) is 0 Å². The Kier molecular flexibility index (Phi) is 4.00. The average Bonchev–Trinajstić information content (AvgIpc) is 2.81. The van der Waals surface area contributed by atoms with Gasteiger partial charge in [0, 0.05) is 25.2 Å². The molecule has 15 heavy (non-hydrogen) atoms. The summed E-state index contributed by atoms with van der Waals surface area (Å²) < 4.78 is 5.63. The second-order valence-corrected chi connectivity index (χ2v) is 5.11. The number of aliphatic hydroxyl groups is 1. The van der Waals surface area contributed by atoms with Crippen molar-refractivity contribution in [2.24, 2.45) is 5.41 Å². The molecule has 3 nitrogen and oxygen atoms in total. The summed E-state index contributed by atoms with van der Waals surface area (Å²) in [4.78, 5) is 0. The van der Waals surface area contributed by atoms with Crippen LogP contribution in [0.2, 0.25) is 0 Å². The Hall–Kier alpha value is -0.120. The van der Waals surface area contributed by atoms with Gasteiger partial charge >= 0.3 is 0 Å². The monoisotopic (exact) mass is 213 g/mol. The third kappa shape index (κ3) is 2.92. The third-order valence-corrected chi connectivity index (χ3v) is 3.92. The molecular formula is C12H23NO2. The summed E-state index contributed by atoms with van der Waals surface area (Å²) >= 11 is 0. The van der Waals surface area contributed by atoms with Gasteiger partial charge in [0.1, 0.15) is 0 Å². The minimum Gasteiger partial charge on any atom is -0.396 e. The summed E-state index contributed by atoms with van der Waals surface area (Å²) in [7, 11) is 0. The van der Waals surface area contributed by atoms with Crippen LogP contribution in [-0.2, 0) is 4.74 Å². The van der Waals surface area contributed by atoms with Gasteiger partial charge in [-0.3, -0.25) is 0 Å². The van der Waals surface area contributed by atoms with Crippen LogP contribution in [0.1, 0.15) is 38.5 Å². The Balaban J connectivity index is 1.78. The molecule has 3 heteroatoms. The lowest BCUT2D eigenvalue weighted by Crippen LogP contribution is -2.43. The van der Waals surface area contributed by atoms with Crippen molar-refractivity contribution in [2.75, 3.05) is 26.3 Å². The molecule has 2 fully saturated rings. The maximum Gasteiger partial charge on any atom is 0.0576 e. The molecule has 0 bridgehead atoms.